The average molecular weight is 467 g/mol. The number of carbonyl (C=O) groups is 3. The quantitative estimate of drug-likeness (QED) is 0.407. The number of nitrogens with zero attached hydrogens (tertiary/aromatic N) is 3. The van der Waals surface area contributed by atoms with Crippen molar-refractivity contribution in [2.24, 2.45) is 11.5 Å². The van der Waals surface area contributed by atoms with Crippen LogP contribution in [-0.4, -0.2) is 53.5 Å². The van der Waals surface area contributed by atoms with E-state index in [1.54, 1.807) is 7.05 Å². The molecule has 1 aromatic heterocycles. The maximum atomic E-state index is 12.0. The highest BCUT2D eigenvalue weighted by molar-refractivity contribution is 5.96. The van der Waals surface area contributed by atoms with Crippen LogP contribution in [0.3, 0.4) is 0 Å². The molecule has 4 amide bonds. The van der Waals surface area contributed by atoms with Crippen LogP contribution in [0.15, 0.2) is 30.5 Å². The van der Waals surface area contributed by atoms with Gasteiger partial charge in [-0.25, -0.2) is 14.8 Å². The second-order valence-corrected chi connectivity index (χ2v) is 8.84. The number of urea groups is 1. The average Bonchev–Trinajstić information content (AvgIpc) is 3.63. The normalized spacial score (nSPS) is 20.8. The number of anilines is 3. The smallest absolute Gasteiger partial charge is 0.314 e. The van der Waals surface area contributed by atoms with Gasteiger partial charge in [0.05, 0.1) is 17.7 Å². The Hall–Kier alpha value is -3.89. The molecule has 4 rings (SSSR count). The Morgan fingerprint density at radius 3 is 2.44 bits per heavy atom. The molecule has 2 fully saturated rings. The van der Waals surface area contributed by atoms with E-state index in [-0.39, 0.29) is 35.5 Å². The van der Waals surface area contributed by atoms with E-state index < -0.39 is 11.3 Å². The molecule has 0 spiro atoms. The van der Waals surface area contributed by atoms with Gasteiger partial charge in [0.1, 0.15) is 5.82 Å². The summed E-state index contributed by atoms with van der Waals surface area (Å²) in [6, 6.07) is 7.00. The van der Waals surface area contributed by atoms with Gasteiger partial charge in [-0.1, -0.05) is 12.1 Å². The number of piperidine rings is 1. The number of carbonyl (C=O) groups excluding carboxylic acids is 3. The highest BCUT2D eigenvalue weighted by Gasteiger charge is 2.49. The molecule has 1 saturated heterocycles. The van der Waals surface area contributed by atoms with Crippen LogP contribution in [0, 0.1) is 0 Å². The summed E-state index contributed by atoms with van der Waals surface area (Å²) < 4.78 is 0. The molecule has 1 aromatic carbocycles. The van der Waals surface area contributed by atoms with Crippen molar-refractivity contribution in [3.63, 3.8) is 0 Å². The predicted molar refractivity (Wildman–Crippen MR) is 128 cm³/mol. The Morgan fingerprint density at radius 2 is 1.85 bits per heavy atom. The lowest BCUT2D eigenvalue weighted by atomic mass is 9.95. The van der Waals surface area contributed by atoms with Gasteiger partial charge in [0.2, 0.25) is 5.91 Å². The van der Waals surface area contributed by atoms with E-state index in [4.69, 9.17) is 11.5 Å². The molecule has 1 aliphatic carbocycles. The Labute approximate surface area is 197 Å². The molecule has 2 heterocycles. The molecule has 1 saturated carbocycles. The summed E-state index contributed by atoms with van der Waals surface area (Å²) in [4.78, 5) is 46.6. The van der Waals surface area contributed by atoms with Gasteiger partial charge < -0.3 is 32.3 Å². The van der Waals surface area contributed by atoms with Crippen LogP contribution in [-0.2, 0) is 10.2 Å². The number of rotatable bonds is 7. The van der Waals surface area contributed by atoms with Crippen LogP contribution in [0.5, 0.6) is 0 Å². The highest BCUT2D eigenvalue weighted by Crippen LogP contribution is 2.48. The molecule has 0 bridgehead atoms. The fourth-order valence-electron chi connectivity index (χ4n) is 4.50. The largest absolute Gasteiger partial charge is 0.369 e. The maximum Gasteiger partial charge on any atom is 0.314 e. The van der Waals surface area contributed by atoms with Gasteiger partial charge in [0.25, 0.3) is 5.91 Å². The SMILES string of the molecule is CNC(=O)N[C@@H]1CCCN(c2cnc(C(N)=O)c(Nc3ccc(C4(C(N)=O)CC4)cc3)n2)[C@@H]1C. The number of amides is 4. The van der Waals surface area contributed by atoms with Crippen molar-refractivity contribution in [2.45, 2.75) is 50.1 Å². The van der Waals surface area contributed by atoms with E-state index >= 15 is 0 Å². The van der Waals surface area contributed by atoms with Crippen LogP contribution < -0.4 is 32.3 Å². The monoisotopic (exact) mass is 466 g/mol. The summed E-state index contributed by atoms with van der Waals surface area (Å²) >= 11 is 0. The van der Waals surface area contributed by atoms with Crippen molar-refractivity contribution >= 4 is 35.2 Å². The number of aromatic nitrogens is 2. The van der Waals surface area contributed by atoms with E-state index in [1.165, 1.54) is 6.20 Å². The third-order valence-corrected chi connectivity index (χ3v) is 6.74. The molecule has 0 unspecified atom stereocenters. The lowest BCUT2D eigenvalue weighted by Gasteiger charge is -2.40. The first kappa shape index (κ1) is 23.3. The first-order valence-electron chi connectivity index (χ1n) is 11.3. The molecule has 2 atom stereocenters. The molecular weight excluding hydrogens is 436 g/mol. The summed E-state index contributed by atoms with van der Waals surface area (Å²) in [5, 5.41) is 8.69. The van der Waals surface area contributed by atoms with Gasteiger partial charge in [-0.2, -0.15) is 0 Å². The summed E-state index contributed by atoms with van der Waals surface area (Å²) in [5.41, 5.74) is 12.1. The van der Waals surface area contributed by atoms with Crippen molar-refractivity contribution in [3.05, 3.63) is 41.7 Å². The van der Waals surface area contributed by atoms with E-state index in [0.29, 0.717) is 11.5 Å². The van der Waals surface area contributed by atoms with Gasteiger partial charge in [0, 0.05) is 25.3 Å². The van der Waals surface area contributed by atoms with Gasteiger partial charge in [-0.05, 0) is 50.3 Å². The molecule has 180 valence electrons. The van der Waals surface area contributed by atoms with Crippen LogP contribution in [0.4, 0.5) is 22.1 Å². The predicted octanol–water partition coefficient (Wildman–Crippen LogP) is 1.12. The molecule has 2 aliphatic rings. The number of nitrogens with two attached hydrogens (primary N) is 2. The zero-order chi connectivity index (χ0) is 24.5. The lowest BCUT2D eigenvalue weighted by Crippen LogP contribution is -2.55. The van der Waals surface area contributed by atoms with Crippen molar-refractivity contribution in [2.75, 3.05) is 23.8 Å². The van der Waals surface area contributed by atoms with Gasteiger partial charge >= 0.3 is 6.03 Å². The van der Waals surface area contributed by atoms with Crippen LogP contribution >= 0.6 is 0 Å². The third-order valence-electron chi connectivity index (χ3n) is 6.74. The van der Waals surface area contributed by atoms with Crippen LogP contribution in [0.2, 0.25) is 0 Å². The van der Waals surface area contributed by atoms with Gasteiger partial charge in [-0.3, -0.25) is 9.59 Å². The molecule has 2 aromatic rings. The van der Waals surface area contributed by atoms with Crippen molar-refractivity contribution in [1.29, 1.82) is 0 Å². The summed E-state index contributed by atoms with van der Waals surface area (Å²) in [6.07, 6.45) is 4.74. The first-order valence-corrected chi connectivity index (χ1v) is 11.3. The number of primary amides is 2. The maximum absolute atomic E-state index is 12.0. The highest BCUT2D eigenvalue weighted by atomic mass is 16.2. The second-order valence-electron chi connectivity index (χ2n) is 8.84. The molecule has 7 N–H and O–H groups in total. The Bertz CT molecular complexity index is 1100. The number of hydrogen-bond donors (Lipinski definition) is 5. The molecule has 1 aliphatic heterocycles. The van der Waals surface area contributed by atoms with Crippen LogP contribution in [0.25, 0.3) is 0 Å². The lowest BCUT2D eigenvalue weighted by molar-refractivity contribution is -0.120. The second kappa shape index (κ2) is 9.16. The summed E-state index contributed by atoms with van der Waals surface area (Å²) in [6.45, 7) is 2.75. The summed E-state index contributed by atoms with van der Waals surface area (Å²) in [5.74, 6) is -0.203. The standard InChI is InChI=1S/C23H30N8O3/c1-13-16(29-22(34)26-2)4-3-11-31(13)17-12-27-18(19(24)32)20(30-17)28-15-7-5-14(6-8-15)23(9-10-23)21(25)33/h5-8,12-13,16H,3-4,9-11H2,1-2H3,(H2,24,32)(H2,25,33)(H,28,30)(H2,26,29,34)/t13-,16-/m1/s1. The van der Waals surface area contributed by atoms with Crippen molar-refractivity contribution < 1.29 is 14.4 Å². The number of benzene rings is 1. The molecule has 0 radical (unpaired) electrons. The van der Waals surface area contributed by atoms with Crippen molar-refractivity contribution in [1.82, 2.24) is 20.6 Å². The minimum Gasteiger partial charge on any atom is -0.369 e. The topological polar surface area (TPSA) is 168 Å². The zero-order valence-electron chi connectivity index (χ0n) is 19.3. The van der Waals surface area contributed by atoms with Crippen molar-refractivity contribution in [3.8, 4) is 0 Å². The first-order chi connectivity index (χ1) is 16.2. The van der Waals surface area contributed by atoms with Gasteiger partial charge in [-0.15, -0.1) is 0 Å². The Kier molecular flexibility index (Phi) is 6.27. The Morgan fingerprint density at radius 1 is 1.15 bits per heavy atom. The molecule has 11 nitrogen and oxygen atoms in total. The van der Waals surface area contributed by atoms with E-state index in [9.17, 15) is 14.4 Å². The minimum atomic E-state index is -0.699. The molecular formula is C23H30N8O3. The Balaban J connectivity index is 1.57. The van der Waals surface area contributed by atoms with Gasteiger partial charge in [0.15, 0.2) is 11.5 Å². The zero-order valence-corrected chi connectivity index (χ0v) is 19.3. The van der Waals surface area contributed by atoms with E-state index in [0.717, 1.165) is 37.8 Å². The number of hydrogen-bond acceptors (Lipinski definition) is 7. The fraction of sp³-hybridized carbons (Fsp3) is 0.435. The third kappa shape index (κ3) is 4.45. The minimum absolute atomic E-state index is 0.0216. The summed E-state index contributed by atoms with van der Waals surface area (Å²) in [7, 11) is 1.58. The molecule has 11 heteroatoms. The fourth-order valence-corrected chi connectivity index (χ4v) is 4.50. The van der Waals surface area contributed by atoms with Crippen LogP contribution in [0.1, 0.15) is 48.7 Å². The molecule has 34 heavy (non-hydrogen) atoms. The van der Waals surface area contributed by atoms with E-state index in [2.05, 4.69) is 30.8 Å². The number of nitrogens with one attached hydrogen (secondary N) is 3. The van der Waals surface area contributed by atoms with E-state index in [1.807, 2.05) is 31.2 Å².